The molecule has 0 spiro atoms. The summed E-state index contributed by atoms with van der Waals surface area (Å²) in [6.45, 7) is 0. The Morgan fingerprint density at radius 2 is 1.95 bits per heavy atom. The normalized spacial score (nSPS) is 12.7. The first-order valence-corrected chi connectivity index (χ1v) is 6.82. The standard InChI is InChI=1S/C9H6ClF3N4O2S/c10-7-1-5(9(11,12)13)2-15-8(7)17-4-6(3-16-17)20(14,18)19/h1-4H,(H2,14,18,19). The van der Waals surface area contributed by atoms with Crippen LogP contribution in [0.4, 0.5) is 13.2 Å². The van der Waals surface area contributed by atoms with E-state index in [4.69, 9.17) is 16.7 Å². The van der Waals surface area contributed by atoms with Gasteiger partial charge in [-0.3, -0.25) is 0 Å². The molecule has 2 aromatic rings. The zero-order chi connectivity index (χ0) is 15.1. The van der Waals surface area contributed by atoms with Gasteiger partial charge >= 0.3 is 6.18 Å². The lowest BCUT2D eigenvalue weighted by Gasteiger charge is -2.08. The Balaban J connectivity index is 2.47. The second kappa shape index (κ2) is 4.72. The van der Waals surface area contributed by atoms with E-state index in [0.717, 1.165) is 17.1 Å². The van der Waals surface area contributed by atoms with Gasteiger partial charge < -0.3 is 0 Å². The maximum Gasteiger partial charge on any atom is 0.417 e. The summed E-state index contributed by atoms with van der Waals surface area (Å²) in [7, 11) is -3.97. The molecule has 2 rings (SSSR count). The van der Waals surface area contributed by atoms with Crippen molar-refractivity contribution in [2.75, 3.05) is 0 Å². The average molecular weight is 327 g/mol. The minimum atomic E-state index is -4.58. The quantitative estimate of drug-likeness (QED) is 0.907. The van der Waals surface area contributed by atoms with E-state index in [2.05, 4.69) is 10.1 Å². The van der Waals surface area contributed by atoms with Crippen LogP contribution in [0.3, 0.4) is 0 Å². The predicted octanol–water partition coefficient (Wildman–Crippen LogP) is 1.59. The molecule has 0 radical (unpaired) electrons. The molecule has 11 heteroatoms. The van der Waals surface area contributed by atoms with E-state index in [1.165, 1.54) is 0 Å². The Hall–Kier alpha value is -1.65. The molecular formula is C9H6ClF3N4O2S. The van der Waals surface area contributed by atoms with E-state index in [9.17, 15) is 21.6 Å². The van der Waals surface area contributed by atoms with Crippen LogP contribution in [0.25, 0.3) is 5.82 Å². The number of aromatic nitrogens is 3. The van der Waals surface area contributed by atoms with Crippen LogP contribution in [0.1, 0.15) is 5.56 Å². The Morgan fingerprint density at radius 3 is 2.40 bits per heavy atom. The second-order valence-electron chi connectivity index (χ2n) is 3.69. The lowest BCUT2D eigenvalue weighted by molar-refractivity contribution is -0.137. The lowest BCUT2D eigenvalue weighted by Crippen LogP contribution is -2.11. The SMILES string of the molecule is NS(=O)(=O)c1cnn(-c2ncc(C(F)(F)F)cc2Cl)c1. The molecule has 0 saturated heterocycles. The number of alkyl halides is 3. The van der Waals surface area contributed by atoms with Crippen LogP contribution >= 0.6 is 11.6 Å². The van der Waals surface area contributed by atoms with E-state index in [0.29, 0.717) is 12.3 Å². The molecule has 0 aromatic carbocycles. The fourth-order valence-electron chi connectivity index (χ4n) is 1.32. The number of nitrogens with zero attached hydrogens (tertiary/aromatic N) is 3. The van der Waals surface area contributed by atoms with Gasteiger partial charge in [-0.25, -0.2) is 23.2 Å². The lowest BCUT2D eigenvalue weighted by atomic mass is 10.3. The number of nitrogens with two attached hydrogens (primary N) is 1. The van der Waals surface area contributed by atoms with Gasteiger partial charge in [0.2, 0.25) is 10.0 Å². The third-order valence-electron chi connectivity index (χ3n) is 2.25. The average Bonchev–Trinajstić information content (AvgIpc) is 2.76. The Morgan fingerprint density at radius 1 is 1.30 bits per heavy atom. The zero-order valence-electron chi connectivity index (χ0n) is 9.46. The van der Waals surface area contributed by atoms with Crippen molar-refractivity contribution in [2.24, 2.45) is 5.14 Å². The molecule has 20 heavy (non-hydrogen) atoms. The van der Waals surface area contributed by atoms with Crippen LogP contribution in [0, 0.1) is 0 Å². The summed E-state index contributed by atoms with van der Waals surface area (Å²) in [5.41, 5.74) is -1.02. The molecule has 0 aliphatic carbocycles. The van der Waals surface area contributed by atoms with Gasteiger partial charge in [0.05, 0.1) is 23.0 Å². The fraction of sp³-hybridized carbons (Fsp3) is 0.111. The first-order valence-electron chi connectivity index (χ1n) is 4.89. The summed E-state index contributed by atoms with van der Waals surface area (Å²) in [5, 5.41) is 8.19. The number of rotatable bonds is 2. The molecule has 6 nitrogen and oxygen atoms in total. The highest BCUT2D eigenvalue weighted by atomic mass is 35.5. The largest absolute Gasteiger partial charge is 0.417 e. The Bertz CT molecular complexity index is 757. The summed E-state index contributed by atoms with van der Waals surface area (Å²) in [6, 6.07) is 0.669. The van der Waals surface area contributed by atoms with Gasteiger partial charge in [0.15, 0.2) is 5.82 Å². The molecule has 2 heterocycles. The number of halogens is 4. The minimum Gasteiger partial charge on any atom is -0.235 e. The molecule has 0 atom stereocenters. The summed E-state index contributed by atoms with van der Waals surface area (Å²) in [6.07, 6.45) is -2.08. The van der Waals surface area contributed by atoms with Crippen LogP contribution < -0.4 is 5.14 Å². The highest BCUT2D eigenvalue weighted by Crippen LogP contribution is 2.31. The fourth-order valence-corrected chi connectivity index (χ4v) is 2.02. The monoisotopic (exact) mass is 326 g/mol. The summed E-state index contributed by atoms with van der Waals surface area (Å²) >= 11 is 5.69. The maximum atomic E-state index is 12.4. The van der Waals surface area contributed by atoms with Crippen LogP contribution in [-0.4, -0.2) is 23.2 Å². The molecule has 0 aliphatic heterocycles. The van der Waals surface area contributed by atoms with Gasteiger partial charge in [-0.2, -0.15) is 18.3 Å². The molecule has 0 fully saturated rings. The molecule has 108 valence electrons. The number of primary sulfonamides is 1. The third kappa shape index (κ3) is 2.92. The number of hydrogen-bond donors (Lipinski definition) is 1. The first-order chi connectivity index (χ1) is 9.09. The van der Waals surface area contributed by atoms with Crippen molar-refractivity contribution in [3.8, 4) is 5.82 Å². The van der Waals surface area contributed by atoms with E-state index >= 15 is 0 Å². The predicted molar refractivity (Wildman–Crippen MR) is 62.7 cm³/mol. The Kier molecular flexibility index (Phi) is 3.48. The van der Waals surface area contributed by atoms with E-state index in [1.807, 2.05) is 0 Å². The van der Waals surface area contributed by atoms with Crippen molar-refractivity contribution < 1.29 is 21.6 Å². The molecule has 0 bridgehead atoms. The van der Waals surface area contributed by atoms with Crippen LogP contribution in [0.5, 0.6) is 0 Å². The van der Waals surface area contributed by atoms with Crippen molar-refractivity contribution in [1.82, 2.24) is 14.8 Å². The number of pyridine rings is 1. The van der Waals surface area contributed by atoms with Crippen molar-refractivity contribution >= 4 is 21.6 Å². The summed E-state index contributed by atoms with van der Waals surface area (Å²) in [4.78, 5) is 3.21. The van der Waals surface area contributed by atoms with Gasteiger partial charge in [0, 0.05) is 6.20 Å². The third-order valence-corrected chi connectivity index (χ3v) is 3.40. The van der Waals surface area contributed by atoms with Gasteiger partial charge in [-0.1, -0.05) is 11.6 Å². The highest BCUT2D eigenvalue weighted by molar-refractivity contribution is 7.89. The molecule has 0 amide bonds. The maximum absolute atomic E-state index is 12.4. The van der Waals surface area contributed by atoms with Crippen LogP contribution in [-0.2, 0) is 16.2 Å². The van der Waals surface area contributed by atoms with E-state index < -0.39 is 21.8 Å². The molecule has 0 saturated carbocycles. The van der Waals surface area contributed by atoms with Crippen molar-refractivity contribution in [1.29, 1.82) is 0 Å². The molecule has 2 aromatic heterocycles. The second-order valence-corrected chi connectivity index (χ2v) is 5.66. The van der Waals surface area contributed by atoms with E-state index in [-0.39, 0.29) is 15.7 Å². The van der Waals surface area contributed by atoms with Gasteiger partial charge in [-0.05, 0) is 6.07 Å². The Labute approximate surface area is 116 Å². The first kappa shape index (κ1) is 14.8. The molecule has 0 aliphatic rings. The number of sulfonamides is 1. The van der Waals surface area contributed by atoms with Crippen molar-refractivity contribution in [3.05, 3.63) is 35.2 Å². The zero-order valence-corrected chi connectivity index (χ0v) is 11.0. The van der Waals surface area contributed by atoms with Crippen molar-refractivity contribution in [2.45, 2.75) is 11.1 Å². The summed E-state index contributed by atoms with van der Waals surface area (Å²) < 4.78 is 60.4. The van der Waals surface area contributed by atoms with Gasteiger partial charge in [0.1, 0.15) is 4.90 Å². The molecule has 0 unspecified atom stereocenters. The van der Waals surface area contributed by atoms with Crippen LogP contribution in [0.2, 0.25) is 5.02 Å². The van der Waals surface area contributed by atoms with E-state index in [1.54, 1.807) is 0 Å². The minimum absolute atomic E-state index is 0.144. The number of hydrogen-bond acceptors (Lipinski definition) is 4. The van der Waals surface area contributed by atoms with Gasteiger partial charge in [0.25, 0.3) is 0 Å². The topological polar surface area (TPSA) is 90.9 Å². The van der Waals surface area contributed by atoms with Crippen molar-refractivity contribution in [3.63, 3.8) is 0 Å². The summed E-state index contributed by atoms with van der Waals surface area (Å²) in [5.74, 6) is -0.144. The van der Waals surface area contributed by atoms with Gasteiger partial charge in [-0.15, -0.1) is 0 Å². The molecular weight excluding hydrogens is 321 g/mol. The molecule has 2 N–H and O–H groups in total. The van der Waals surface area contributed by atoms with Crippen LogP contribution in [0.15, 0.2) is 29.6 Å². The smallest absolute Gasteiger partial charge is 0.235 e. The highest BCUT2D eigenvalue weighted by Gasteiger charge is 2.31.